The summed E-state index contributed by atoms with van der Waals surface area (Å²) in [5.74, 6) is 0. The minimum absolute atomic E-state index is 0. The molecule has 2 saturated heterocycles. The summed E-state index contributed by atoms with van der Waals surface area (Å²) in [7, 11) is 0. The Balaban J connectivity index is 0.000000720. The molecule has 2 rings (SSSR count). The molecule has 0 aromatic heterocycles. The van der Waals surface area contributed by atoms with E-state index in [9.17, 15) is 0 Å². The SMILES string of the molecule is Cl.N[C@@H]1CCCN(C2COC2)C1. The highest BCUT2D eigenvalue weighted by Gasteiger charge is 2.28. The van der Waals surface area contributed by atoms with Crippen molar-refractivity contribution in [3.63, 3.8) is 0 Å². The maximum Gasteiger partial charge on any atom is 0.0645 e. The van der Waals surface area contributed by atoms with Crippen molar-refractivity contribution in [1.29, 1.82) is 0 Å². The predicted octanol–water partition coefficient (Wildman–Crippen LogP) is 0.230. The Morgan fingerprint density at radius 1 is 1.33 bits per heavy atom. The number of nitrogens with two attached hydrogens (primary N) is 1. The van der Waals surface area contributed by atoms with Gasteiger partial charge < -0.3 is 10.5 Å². The zero-order chi connectivity index (χ0) is 7.68. The number of ether oxygens (including phenoxy) is 1. The second-order valence-electron chi connectivity index (χ2n) is 3.59. The number of hydrogen-bond donors (Lipinski definition) is 1. The third-order valence-corrected chi connectivity index (χ3v) is 2.63. The molecule has 4 heteroatoms. The molecule has 2 fully saturated rings. The van der Waals surface area contributed by atoms with Crippen LogP contribution in [0, 0.1) is 0 Å². The topological polar surface area (TPSA) is 38.5 Å². The number of piperidine rings is 1. The lowest BCUT2D eigenvalue weighted by molar-refractivity contribution is -0.0717. The third kappa shape index (κ3) is 2.10. The summed E-state index contributed by atoms with van der Waals surface area (Å²) in [6.45, 7) is 4.15. The van der Waals surface area contributed by atoms with Crippen LogP contribution in [0.4, 0.5) is 0 Å². The van der Waals surface area contributed by atoms with Crippen LogP contribution in [0.1, 0.15) is 12.8 Å². The van der Waals surface area contributed by atoms with E-state index in [1.54, 1.807) is 0 Å². The van der Waals surface area contributed by atoms with Gasteiger partial charge in [0.15, 0.2) is 0 Å². The third-order valence-electron chi connectivity index (χ3n) is 2.63. The first kappa shape index (κ1) is 10.3. The Hall–Kier alpha value is 0.170. The summed E-state index contributed by atoms with van der Waals surface area (Å²) in [5, 5.41) is 0. The molecule has 2 aliphatic heterocycles. The standard InChI is InChI=1S/C8H16N2O.ClH/c9-7-2-1-3-10(4-7)8-5-11-6-8;/h7-8H,1-6,9H2;1H/t7-;/m1./s1. The van der Waals surface area contributed by atoms with Crippen LogP contribution < -0.4 is 5.73 Å². The molecule has 0 saturated carbocycles. The van der Waals surface area contributed by atoms with Crippen LogP contribution in [0.25, 0.3) is 0 Å². The zero-order valence-electron chi connectivity index (χ0n) is 7.24. The Labute approximate surface area is 79.6 Å². The van der Waals surface area contributed by atoms with E-state index in [2.05, 4.69) is 4.90 Å². The number of rotatable bonds is 1. The van der Waals surface area contributed by atoms with Crippen molar-refractivity contribution in [2.24, 2.45) is 5.73 Å². The molecule has 2 N–H and O–H groups in total. The Bertz CT molecular complexity index is 141. The number of hydrogen-bond acceptors (Lipinski definition) is 3. The van der Waals surface area contributed by atoms with Gasteiger partial charge in [-0.2, -0.15) is 0 Å². The number of nitrogens with zero attached hydrogens (tertiary/aromatic N) is 1. The van der Waals surface area contributed by atoms with Gasteiger partial charge in [-0.3, -0.25) is 4.90 Å². The van der Waals surface area contributed by atoms with Gasteiger partial charge >= 0.3 is 0 Å². The second kappa shape index (κ2) is 4.42. The van der Waals surface area contributed by atoms with Gasteiger partial charge in [-0.15, -0.1) is 12.4 Å². The summed E-state index contributed by atoms with van der Waals surface area (Å²) >= 11 is 0. The van der Waals surface area contributed by atoms with E-state index in [1.807, 2.05) is 0 Å². The first-order valence-electron chi connectivity index (χ1n) is 4.43. The molecule has 2 heterocycles. The van der Waals surface area contributed by atoms with Gasteiger partial charge in [0.1, 0.15) is 0 Å². The van der Waals surface area contributed by atoms with E-state index >= 15 is 0 Å². The molecule has 0 amide bonds. The van der Waals surface area contributed by atoms with E-state index in [0.717, 1.165) is 19.8 Å². The lowest BCUT2D eigenvalue weighted by Crippen LogP contribution is -2.55. The summed E-state index contributed by atoms with van der Waals surface area (Å²) in [4.78, 5) is 2.47. The van der Waals surface area contributed by atoms with Crippen LogP contribution >= 0.6 is 12.4 Å². The molecule has 0 aromatic rings. The quantitative estimate of drug-likeness (QED) is 0.647. The molecule has 2 aliphatic rings. The Kier molecular flexibility index (Phi) is 3.77. The molecule has 0 radical (unpaired) electrons. The minimum Gasteiger partial charge on any atom is -0.378 e. The average molecular weight is 193 g/mol. The predicted molar refractivity (Wildman–Crippen MR) is 50.6 cm³/mol. The lowest BCUT2D eigenvalue weighted by Gasteiger charge is -2.41. The molecular formula is C8H17ClN2O. The molecular weight excluding hydrogens is 176 g/mol. The normalized spacial score (nSPS) is 32.2. The van der Waals surface area contributed by atoms with Crippen molar-refractivity contribution in [2.45, 2.75) is 24.9 Å². The van der Waals surface area contributed by atoms with Crippen LogP contribution in [-0.2, 0) is 4.74 Å². The summed E-state index contributed by atoms with van der Waals surface area (Å²) in [5.41, 5.74) is 5.86. The van der Waals surface area contributed by atoms with Crippen LogP contribution in [0.3, 0.4) is 0 Å². The maximum atomic E-state index is 5.86. The molecule has 72 valence electrons. The van der Waals surface area contributed by atoms with Crippen molar-refractivity contribution in [2.75, 3.05) is 26.3 Å². The largest absolute Gasteiger partial charge is 0.378 e. The lowest BCUT2D eigenvalue weighted by atomic mass is 10.0. The Morgan fingerprint density at radius 2 is 2.08 bits per heavy atom. The molecule has 0 bridgehead atoms. The number of likely N-dealkylation sites (tertiary alicyclic amines) is 1. The van der Waals surface area contributed by atoms with Crippen LogP contribution in [-0.4, -0.2) is 43.3 Å². The van der Waals surface area contributed by atoms with Gasteiger partial charge in [-0.05, 0) is 19.4 Å². The monoisotopic (exact) mass is 192 g/mol. The van der Waals surface area contributed by atoms with Crippen molar-refractivity contribution < 1.29 is 4.74 Å². The van der Waals surface area contributed by atoms with Gasteiger partial charge in [0.25, 0.3) is 0 Å². The maximum absolute atomic E-state index is 5.86. The summed E-state index contributed by atoms with van der Waals surface area (Å²) in [6, 6.07) is 1.09. The van der Waals surface area contributed by atoms with Crippen molar-refractivity contribution >= 4 is 12.4 Å². The molecule has 3 nitrogen and oxygen atoms in total. The fraction of sp³-hybridized carbons (Fsp3) is 1.00. The van der Waals surface area contributed by atoms with Crippen molar-refractivity contribution in [1.82, 2.24) is 4.90 Å². The van der Waals surface area contributed by atoms with E-state index in [0.29, 0.717) is 12.1 Å². The van der Waals surface area contributed by atoms with Gasteiger partial charge in [0.2, 0.25) is 0 Å². The Morgan fingerprint density at radius 3 is 2.58 bits per heavy atom. The highest BCUT2D eigenvalue weighted by atomic mass is 35.5. The highest BCUT2D eigenvalue weighted by molar-refractivity contribution is 5.85. The molecule has 0 aliphatic carbocycles. The molecule has 12 heavy (non-hydrogen) atoms. The smallest absolute Gasteiger partial charge is 0.0645 e. The number of halogens is 1. The van der Waals surface area contributed by atoms with E-state index in [1.165, 1.54) is 19.4 Å². The minimum atomic E-state index is 0. The van der Waals surface area contributed by atoms with Gasteiger partial charge in [-0.1, -0.05) is 0 Å². The summed E-state index contributed by atoms with van der Waals surface area (Å²) < 4.78 is 5.14. The first-order chi connectivity index (χ1) is 5.36. The fourth-order valence-corrected chi connectivity index (χ4v) is 1.81. The first-order valence-corrected chi connectivity index (χ1v) is 4.43. The van der Waals surface area contributed by atoms with Crippen LogP contribution in [0.2, 0.25) is 0 Å². The zero-order valence-corrected chi connectivity index (χ0v) is 8.05. The van der Waals surface area contributed by atoms with Gasteiger partial charge in [-0.25, -0.2) is 0 Å². The van der Waals surface area contributed by atoms with Crippen molar-refractivity contribution in [3.8, 4) is 0 Å². The van der Waals surface area contributed by atoms with E-state index in [-0.39, 0.29) is 12.4 Å². The van der Waals surface area contributed by atoms with Crippen LogP contribution in [0.5, 0.6) is 0 Å². The molecule has 0 unspecified atom stereocenters. The van der Waals surface area contributed by atoms with Crippen LogP contribution in [0.15, 0.2) is 0 Å². The summed E-state index contributed by atoms with van der Waals surface area (Å²) in [6.07, 6.45) is 2.46. The van der Waals surface area contributed by atoms with Gasteiger partial charge in [0.05, 0.1) is 19.3 Å². The van der Waals surface area contributed by atoms with Gasteiger partial charge in [0, 0.05) is 12.6 Å². The van der Waals surface area contributed by atoms with E-state index in [4.69, 9.17) is 10.5 Å². The molecule has 0 aromatic carbocycles. The molecule has 0 spiro atoms. The average Bonchev–Trinajstić information content (AvgIpc) is 1.83. The van der Waals surface area contributed by atoms with E-state index < -0.39 is 0 Å². The molecule has 1 atom stereocenters. The fourth-order valence-electron chi connectivity index (χ4n) is 1.81. The van der Waals surface area contributed by atoms with Crippen molar-refractivity contribution in [3.05, 3.63) is 0 Å². The second-order valence-corrected chi connectivity index (χ2v) is 3.59. The highest BCUT2D eigenvalue weighted by Crippen LogP contribution is 2.16.